The number of para-hydroxylation sites is 1. The summed E-state index contributed by atoms with van der Waals surface area (Å²) in [5.41, 5.74) is -0.610. The van der Waals surface area contributed by atoms with Gasteiger partial charge in [0.05, 0.1) is 11.5 Å². The van der Waals surface area contributed by atoms with Crippen molar-refractivity contribution in [2.24, 2.45) is 0 Å². The zero-order valence-corrected chi connectivity index (χ0v) is 10.7. The lowest BCUT2D eigenvalue weighted by Crippen LogP contribution is -2.21. The number of nitrogens with zero attached hydrogens (tertiary/aromatic N) is 1. The Morgan fingerprint density at radius 2 is 2.21 bits per heavy atom. The largest absolute Gasteiger partial charge is 0.481 e. The van der Waals surface area contributed by atoms with Gasteiger partial charge in [0, 0.05) is 12.7 Å². The van der Waals surface area contributed by atoms with Crippen molar-refractivity contribution in [1.29, 1.82) is 0 Å². The maximum Gasteiger partial charge on any atom is 0.339 e. The molecule has 0 fully saturated rings. The van der Waals surface area contributed by atoms with E-state index in [1.807, 2.05) is 0 Å². The van der Waals surface area contributed by atoms with Crippen LogP contribution in [0.25, 0.3) is 0 Å². The van der Waals surface area contributed by atoms with Crippen LogP contribution in [0.2, 0.25) is 0 Å². The molecule has 0 aliphatic heterocycles. The average molecular weight is 269 g/mol. The van der Waals surface area contributed by atoms with Crippen LogP contribution in [0.5, 0.6) is 5.75 Å². The lowest BCUT2D eigenvalue weighted by atomic mass is 10.1. The number of aromatic carboxylic acids is 1. The maximum absolute atomic E-state index is 11.1. The third-order valence-corrected chi connectivity index (χ3v) is 2.30. The van der Waals surface area contributed by atoms with Gasteiger partial charge in [-0.05, 0) is 19.9 Å². The van der Waals surface area contributed by atoms with Gasteiger partial charge in [0.15, 0.2) is 0 Å². The molecule has 1 N–H and O–H groups in total. The van der Waals surface area contributed by atoms with Gasteiger partial charge in [-0.25, -0.2) is 4.79 Å². The first-order chi connectivity index (χ1) is 8.97. The fraction of sp³-hybridized carbons (Fsp3) is 0.417. The fourth-order valence-electron chi connectivity index (χ4n) is 1.48. The van der Waals surface area contributed by atoms with Crippen LogP contribution in [0.4, 0.5) is 5.69 Å². The second-order valence-corrected chi connectivity index (χ2v) is 3.80. The van der Waals surface area contributed by atoms with Crippen LogP contribution in [0.15, 0.2) is 18.2 Å². The lowest BCUT2D eigenvalue weighted by Gasteiger charge is -2.15. The summed E-state index contributed by atoms with van der Waals surface area (Å²) in [6.07, 6.45) is -0.487. The number of carboxylic acid groups (broad SMARTS) is 1. The molecule has 0 bridgehead atoms. The number of benzene rings is 1. The number of hydrogen-bond acceptors (Lipinski definition) is 5. The van der Waals surface area contributed by atoms with E-state index in [1.54, 1.807) is 13.8 Å². The molecule has 104 valence electrons. The van der Waals surface area contributed by atoms with Gasteiger partial charge in [0.1, 0.15) is 11.7 Å². The molecule has 1 unspecified atom stereocenters. The van der Waals surface area contributed by atoms with Crippen LogP contribution in [-0.2, 0) is 4.74 Å². The standard InChI is InChI=1S/C12H15NO6/c1-3-18-7-8(2)19-11-9(12(14)15)5-4-6-10(11)13(16)17/h4-6,8H,3,7H2,1-2H3,(H,14,15). The summed E-state index contributed by atoms with van der Waals surface area (Å²) in [5, 5.41) is 19.9. The maximum atomic E-state index is 11.1. The van der Waals surface area contributed by atoms with Crippen LogP contribution in [0.1, 0.15) is 24.2 Å². The molecule has 0 aromatic heterocycles. The fourth-order valence-corrected chi connectivity index (χ4v) is 1.48. The minimum Gasteiger partial charge on any atom is -0.481 e. The molecule has 7 nitrogen and oxygen atoms in total. The van der Waals surface area contributed by atoms with Crippen molar-refractivity contribution in [2.45, 2.75) is 20.0 Å². The van der Waals surface area contributed by atoms with E-state index >= 15 is 0 Å². The lowest BCUT2D eigenvalue weighted by molar-refractivity contribution is -0.386. The molecular formula is C12H15NO6. The summed E-state index contributed by atoms with van der Waals surface area (Å²) in [6, 6.07) is 3.77. The monoisotopic (exact) mass is 269 g/mol. The van der Waals surface area contributed by atoms with Crippen molar-refractivity contribution in [1.82, 2.24) is 0 Å². The number of nitro groups is 1. The van der Waals surface area contributed by atoms with E-state index in [0.29, 0.717) is 6.61 Å². The molecule has 0 spiro atoms. The summed E-state index contributed by atoms with van der Waals surface area (Å²) in [5.74, 6) is -1.52. The van der Waals surface area contributed by atoms with Crippen molar-refractivity contribution in [3.05, 3.63) is 33.9 Å². The second kappa shape index (κ2) is 6.69. The number of nitro benzene ring substituents is 1. The third kappa shape index (κ3) is 3.92. The van der Waals surface area contributed by atoms with Gasteiger partial charge in [-0.3, -0.25) is 10.1 Å². The van der Waals surface area contributed by atoms with Crippen molar-refractivity contribution in [3.63, 3.8) is 0 Å². The second-order valence-electron chi connectivity index (χ2n) is 3.80. The molecule has 0 amide bonds. The average Bonchev–Trinajstić information content (AvgIpc) is 2.35. The Balaban J connectivity index is 3.07. The van der Waals surface area contributed by atoms with Crippen LogP contribution in [-0.4, -0.2) is 35.3 Å². The molecule has 1 aromatic carbocycles. The van der Waals surface area contributed by atoms with Gasteiger partial charge in [-0.1, -0.05) is 6.07 Å². The zero-order chi connectivity index (χ0) is 14.4. The Hall–Kier alpha value is -2.15. The summed E-state index contributed by atoms with van der Waals surface area (Å²) in [6.45, 7) is 4.16. The highest BCUT2D eigenvalue weighted by molar-refractivity contribution is 5.92. The summed E-state index contributed by atoms with van der Waals surface area (Å²) in [7, 11) is 0. The van der Waals surface area contributed by atoms with Crippen LogP contribution < -0.4 is 4.74 Å². The topological polar surface area (TPSA) is 98.9 Å². The molecule has 0 aliphatic rings. The molecule has 0 aliphatic carbocycles. The SMILES string of the molecule is CCOCC(C)Oc1c(C(=O)O)cccc1[N+](=O)[O-]. The highest BCUT2D eigenvalue weighted by atomic mass is 16.6. The Bertz CT molecular complexity index is 441. The normalized spacial score (nSPS) is 11.9. The van der Waals surface area contributed by atoms with E-state index in [9.17, 15) is 14.9 Å². The van der Waals surface area contributed by atoms with E-state index in [0.717, 1.165) is 0 Å². The molecule has 1 aromatic rings. The van der Waals surface area contributed by atoms with Crippen molar-refractivity contribution in [3.8, 4) is 5.75 Å². The van der Waals surface area contributed by atoms with Crippen LogP contribution in [0.3, 0.4) is 0 Å². The molecule has 0 saturated heterocycles. The molecule has 7 heteroatoms. The van der Waals surface area contributed by atoms with Gasteiger partial charge in [-0.2, -0.15) is 0 Å². The van der Waals surface area contributed by atoms with E-state index < -0.39 is 17.0 Å². The van der Waals surface area contributed by atoms with Crippen LogP contribution >= 0.6 is 0 Å². The van der Waals surface area contributed by atoms with Crippen molar-refractivity contribution >= 4 is 11.7 Å². The minimum absolute atomic E-state index is 0.224. The van der Waals surface area contributed by atoms with Gasteiger partial charge < -0.3 is 14.6 Å². The summed E-state index contributed by atoms with van der Waals surface area (Å²) < 4.78 is 10.5. The van der Waals surface area contributed by atoms with Crippen molar-refractivity contribution < 1.29 is 24.3 Å². The Labute approximate surface area is 109 Å². The molecular weight excluding hydrogens is 254 g/mol. The van der Waals surface area contributed by atoms with E-state index in [-0.39, 0.29) is 23.6 Å². The summed E-state index contributed by atoms with van der Waals surface area (Å²) >= 11 is 0. The molecule has 0 heterocycles. The Morgan fingerprint density at radius 3 is 2.74 bits per heavy atom. The first-order valence-corrected chi connectivity index (χ1v) is 5.72. The number of carbonyl (C=O) groups is 1. The number of rotatable bonds is 7. The van der Waals surface area contributed by atoms with Gasteiger partial charge in [0.2, 0.25) is 5.75 Å². The van der Waals surface area contributed by atoms with Gasteiger partial charge in [-0.15, -0.1) is 0 Å². The molecule has 1 rings (SSSR count). The first-order valence-electron chi connectivity index (χ1n) is 5.72. The number of ether oxygens (including phenoxy) is 2. The molecule has 0 saturated carbocycles. The van der Waals surface area contributed by atoms with E-state index in [1.165, 1.54) is 18.2 Å². The Kier molecular flexibility index (Phi) is 5.25. The highest BCUT2D eigenvalue weighted by Crippen LogP contribution is 2.31. The first kappa shape index (κ1) is 14.9. The number of hydrogen-bond donors (Lipinski definition) is 1. The van der Waals surface area contributed by atoms with Crippen molar-refractivity contribution in [2.75, 3.05) is 13.2 Å². The molecule has 19 heavy (non-hydrogen) atoms. The highest BCUT2D eigenvalue weighted by Gasteiger charge is 2.24. The smallest absolute Gasteiger partial charge is 0.339 e. The predicted octanol–water partition coefficient (Wildman–Crippen LogP) is 2.10. The number of carboxylic acids is 1. The molecule has 1 atom stereocenters. The van der Waals surface area contributed by atoms with E-state index in [2.05, 4.69) is 0 Å². The predicted molar refractivity (Wildman–Crippen MR) is 66.6 cm³/mol. The minimum atomic E-state index is -1.28. The third-order valence-electron chi connectivity index (χ3n) is 2.30. The quantitative estimate of drug-likeness (QED) is 0.601. The van der Waals surface area contributed by atoms with Gasteiger partial charge in [0.25, 0.3) is 0 Å². The van der Waals surface area contributed by atoms with E-state index in [4.69, 9.17) is 14.6 Å². The summed E-state index contributed by atoms with van der Waals surface area (Å²) in [4.78, 5) is 21.3. The zero-order valence-electron chi connectivity index (χ0n) is 10.7. The van der Waals surface area contributed by atoms with Gasteiger partial charge >= 0.3 is 11.7 Å². The molecule has 0 radical (unpaired) electrons. The Morgan fingerprint density at radius 1 is 1.53 bits per heavy atom. The van der Waals surface area contributed by atoms with Crippen LogP contribution in [0, 0.1) is 10.1 Å².